The van der Waals surface area contributed by atoms with Crippen LogP contribution in [0.25, 0.3) is 0 Å². The first-order valence-corrected chi connectivity index (χ1v) is 6.35. The number of anilines is 1. The predicted molar refractivity (Wildman–Crippen MR) is 70.2 cm³/mol. The molecule has 19 heavy (non-hydrogen) atoms. The number of nitro groups is 1. The molecule has 1 fully saturated rings. The Kier molecular flexibility index (Phi) is 3.55. The van der Waals surface area contributed by atoms with Gasteiger partial charge in [-0.25, -0.2) is 0 Å². The highest BCUT2D eigenvalue weighted by molar-refractivity contribution is 5.78. The summed E-state index contributed by atoms with van der Waals surface area (Å²) < 4.78 is 1.74. The summed E-state index contributed by atoms with van der Waals surface area (Å²) in [6.07, 6.45) is 1.49. The summed E-state index contributed by atoms with van der Waals surface area (Å²) in [4.78, 5) is 27.9. The molecular formula is C12H18N4O3. The summed E-state index contributed by atoms with van der Waals surface area (Å²) >= 11 is 0. The first-order chi connectivity index (χ1) is 8.91. The molecule has 7 nitrogen and oxygen atoms in total. The standard InChI is InChI=1S/C12H18N4O3/c1-8(17)10-4-6-15(7-5-10)12-11(16(18)19)13-9(2)14(12)3/h10H,4-7H2,1-3H3. The molecule has 104 valence electrons. The minimum absolute atomic E-state index is 0.0876. The quantitative estimate of drug-likeness (QED) is 0.610. The Bertz CT molecular complexity index is 515. The number of aromatic nitrogens is 2. The highest BCUT2D eigenvalue weighted by Gasteiger charge is 2.31. The Morgan fingerprint density at radius 1 is 1.42 bits per heavy atom. The van der Waals surface area contributed by atoms with E-state index in [0.29, 0.717) is 24.7 Å². The molecule has 0 amide bonds. The van der Waals surface area contributed by atoms with E-state index in [1.807, 2.05) is 4.90 Å². The third kappa shape index (κ3) is 2.45. The Morgan fingerprint density at radius 2 is 2.00 bits per heavy atom. The molecule has 1 aromatic heterocycles. The maximum absolute atomic E-state index is 11.3. The molecule has 0 aliphatic carbocycles. The van der Waals surface area contributed by atoms with Crippen molar-refractivity contribution in [2.75, 3.05) is 18.0 Å². The predicted octanol–water partition coefficient (Wildman–Crippen LogP) is 1.44. The van der Waals surface area contributed by atoms with Gasteiger partial charge < -0.3 is 15.0 Å². The monoisotopic (exact) mass is 266 g/mol. The molecule has 7 heteroatoms. The molecule has 1 aromatic rings. The van der Waals surface area contributed by atoms with Crippen molar-refractivity contribution >= 4 is 17.4 Å². The van der Waals surface area contributed by atoms with Gasteiger partial charge in [0.05, 0.1) is 0 Å². The van der Waals surface area contributed by atoms with E-state index in [-0.39, 0.29) is 17.5 Å². The van der Waals surface area contributed by atoms with Gasteiger partial charge in [0.1, 0.15) is 5.78 Å². The lowest BCUT2D eigenvalue weighted by molar-refractivity contribution is -0.388. The van der Waals surface area contributed by atoms with E-state index in [0.717, 1.165) is 12.8 Å². The van der Waals surface area contributed by atoms with Gasteiger partial charge in [0.25, 0.3) is 0 Å². The summed E-state index contributed by atoms with van der Waals surface area (Å²) in [7, 11) is 1.78. The fraction of sp³-hybridized carbons (Fsp3) is 0.667. The molecular weight excluding hydrogens is 248 g/mol. The van der Waals surface area contributed by atoms with Crippen molar-refractivity contribution in [2.45, 2.75) is 26.7 Å². The molecule has 2 rings (SSSR count). The zero-order valence-corrected chi connectivity index (χ0v) is 11.4. The molecule has 1 saturated heterocycles. The van der Waals surface area contributed by atoms with E-state index in [1.54, 1.807) is 25.5 Å². The maximum atomic E-state index is 11.3. The lowest BCUT2D eigenvalue weighted by Crippen LogP contribution is -2.37. The lowest BCUT2D eigenvalue weighted by atomic mass is 9.93. The van der Waals surface area contributed by atoms with Crippen LogP contribution in [0, 0.1) is 23.0 Å². The van der Waals surface area contributed by atoms with Crippen molar-refractivity contribution in [1.82, 2.24) is 9.55 Å². The molecule has 0 bridgehead atoms. The number of imidazole rings is 1. The van der Waals surface area contributed by atoms with Gasteiger partial charge in [-0.3, -0.25) is 9.36 Å². The zero-order chi connectivity index (χ0) is 14.2. The van der Waals surface area contributed by atoms with E-state index in [9.17, 15) is 14.9 Å². The van der Waals surface area contributed by atoms with Crippen LogP contribution in [0.2, 0.25) is 0 Å². The van der Waals surface area contributed by atoms with Crippen LogP contribution >= 0.6 is 0 Å². The first-order valence-electron chi connectivity index (χ1n) is 6.35. The summed E-state index contributed by atoms with van der Waals surface area (Å²) in [5.74, 6) is 1.36. The van der Waals surface area contributed by atoms with Crippen LogP contribution in [0.15, 0.2) is 0 Å². The molecule has 0 aromatic carbocycles. The molecule has 0 atom stereocenters. The van der Waals surface area contributed by atoms with Crippen LogP contribution in [-0.4, -0.2) is 33.3 Å². The van der Waals surface area contributed by atoms with Gasteiger partial charge in [0, 0.05) is 33.0 Å². The van der Waals surface area contributed by atoms with Gasteiger partial charge in [-0.2, -0.15) is 0 Å². The van der Waals surface area contributed by atoms with Crippen molar-refractivity contribution in [3.63, 3.8) is 0 Å². The smallest absolute Gasteiger partial charge is 0.358 e. The number of hydrogen-bond acceptors (Lipinski definition) is 5. The van der Waals surface area contributed by atoms with Crippen LogP contribution in [0.1, 0.15) is 25.6 Å². The SMILES string of the molecule is CC(=O)C1CCN(c2c([N+](=O)[O-])nc(C)n2C)CC1. The minimum Gasteiger partial charge on any atom is -0.358 e. The van der Waals surface area contributed by atoms with E-state index < -0.39 is 4.92 Å². The van der Waals surface area contributed by atoms with Gasteiger partial charge in [-0.15, -0.1) is 0 Å². The molecule has 0 N–H and O–H groups in total. The highest BCUT2D eigenvalue weighted by atomic mass is 16.6. The summed E-state index contributed by atoms with van der Waals surface area (Å²) in [5.41, 5.74) is 0. The number of ketones is 1. The lowest BCUT2D eigenvalue weighted by Gasteiger charge is -2.31. The maximum Gasteiger partial charge on any atom is 0.406 e. The minimum atomic E-state index is -0.445. The second kappa shape index (κ2) is 4.99. The van der Waals surface area contributed by atoms with Crippen LogP contribution in [-0.2, 0) is 11.8 Å². The Morgan fingerprint density at radius 3 is 2.47 bits per heavy atom. The third-order valence-corrected chi connectivity index (χ3v) is 3.81. The van der Waals surface area contributed by atoms with E-state index in [4.69, 9.17) is 0 Å². The van der Waals surface area contributed by atoms with Gasteiger partial charge in [0.2, 0.25) is 11.6 Å². The molecule has 1 aliphatic heterocycles. The molecule has 2 heterocycles. The number of aryl methyl sites for hydroxylation is 1. The molecule has 0 saturated carbocycles. The fourth-order valence-electron chi connectivity index (χ4n) is 2.56. The van der Waals surface area contributed by atoms with Gasteiger partial charge in [-0.1, -0.05) is 0 Å². The van der Waals surface area contributed by atoms with E-state index >= 15 is 0 Å². The number of Topliss-reactive ketones (excluding diaryl/α,β-unsaturated/α-hetero) is 1. The van der Waals surface area contributed by atoms with Crippen LogP contribution in [0.4, 0.5) is 11.6 Å². The Labute approximate surface area is 111 Å². The largest absolute Gasteiger partial charge is 0.406 e. The molecule has 0 unspecified atom stereocenters. The van der Waals surface area contributed by atoms with Gasteiger partial charge in [0.15, 0.2) is 0 Å². The Hall–Kier alpha value is -1.92. The zero-order valence-electron chi connectivity index (χ0n) is 11.4. The van der Waals surface area contributed by atoms with Crippen molar-refractivity contribution in [3.05, 3.63) is 15.9 Å². The summed E-state index contributed by atoms with van der Waals surface area (Å²) in [6, 6.07) is 0. The van der Waals surface area contributed by atoms with Crippen molar-refractivity contribution in [1.29, 1.82) is 0 Å². The number of rotatable bonds is 3. The highest BCUT2D eigenvalue weighted by Crippen LogP contribution is 2.31. The van der Waals surface area contributed by atoms with Crippen molar-refractivity contribution in [2.24, 2.45) is 13.0 Å². The number of piperidine rings is 1. The number of carbonyl (C=O) groups is 1. The fourth-order valence-corrected chi connectivity index (χ4v) is 2.56. The second-order valence-corrected chi connectivity index (χ2v) is 4.99. The third-order valence-electron chi connectivity index (χ3n) is 3.81. The van der Waals surface area contributed by atoms with Crippen LogP contribution in [0.3, 0.4) is 0 Å². The Balaban J connectivity index is 2.24. The van der Waals surface area contributed by atoms with Crippen molar-refractivity contribution < 1.29 is 9.72 Å². The topological polar surface area (TPSA) is 81.3 Å². The number of hydrogen-bond donors (Lipinski definition) is 0. The van der Waals surface area contributed by atoms with E-state index in [2.05, 4.69) is 4.98 Å². The van der Waals surface area contributed by atoms with Gasteiger partial charge >= 0.3 is 5.82 Å². The molecule has 1 aliphatic rings. The average molecular weight is 266 g/mol. The van der Waals surface area contributed by atoms with Gasteiger partial charge in [-0.05, 0) is 29.7 Å². The van der Waals surface area contributed by atoms with Crippen LogP contribution in [0.5, 0.6) is 0 Å². The molecule has 0 radical (unpaired) electrons. The number of carbonyl (C=O) groups excluding carboxylic acids is 1. The van der Waals surface area contributed by atoms with E-state index in [1.165, 1.54) is 0 Å². The number of nitrogens with zero attached hydrogens (tertiary/aromatic N) is 4. The summed E-state index contributed by atoms with van der Waals surface area (Å²) in [6.45, 7) is 4.67. The first kappa shape index (κ1) is 13.5. The normalized spacial score (nSPS) is 16.7. The molecule has 0 spiro atoms. The average Bonchev–Trinajstić information content (AvgIpc) is 2.66. The van der Waals surface area contributed by atoms with Crippen LogP contribution < -0.4 is 4.90 Å². The van der Waals surface area contributed by atoms with Crippen molar-refractivity contribution in [3.8, 4) is 0 Å². The summed E-state index contributed by atoms with van der Waals surface area (Å²) in [5, 5.41) is 11.1. The second-order valence-electron chi connectivity index (χ2n) is 4.99.